The van der Waals surface area contributed by atoms with Crippen LogP contribution >= 0.6 is 11.3 Å². The molecule has 0 bridgehead atoms. The number of carbonyl (C=O) groups is 1. The van der Waals surface area contributed by atoms with E-state index in [4.69, 9.17) is 9.47 Å². The number of sulfonamides is 1. The van der Waals surface area contributed by atoms with Crippen LogP contribution in [0.1, 0.15) is 9.67 Å². The lowest BCUT2D eigenvalue weighted by molar-refractivity contribution is 0.0729. The van der Waals surface area contributed by atoms with E-state index in [0.717, 1.165) is 10.1 Å². The fourth-order valence-corrected chi connectivity index (χ4v) is 5.72. The van der Waals surface area contributed by atoms with E-state index in [0.29, 0.717) is 23.8 Å². The van der Waals surface area contributed by atoms with Crippen LogP contribution in [0.3, 0.4) is 0 Å². The molecular formula is C20H20N2O5S2. The molecule has 1 amide bonds. The first-order valence-corrected chi connectivity index (χ1v) is 11.3. The highest BCUT2D eigenvalue weighted by molar-refractivity contribution is 7.89. The molecule has 152 valence electrons. The molecule has 0 unspecified atom stereocenters. The van der Waals surface area contributed by atoms with E-state index < -0.39 is 10.0 Å². The lowest BCUT2D eigenvalue weighted by Gasteiger charge is -2.26. The fourth-order valence-electron chi connectivity index (χ4n) is 3.17. The number of hydrogen-bond acceptors (Lipinski definition) is 6. The van der Waals surface area contributed by atoms with Crippen molar-refractivity contribution in [3.63, 3.8) is 0 Å². The van der Waals surface area contributed by atoms with Gasteiger partial charge in [-0.15, -0.1) is 11.3 Å². The van der Waals surface area contributed by atoms with Crippen LogP contribution in [0.25, 0.3) is 10.1 Å². The second-order valence-electron chi connectivity index (χ2n) is 6.48. The van der Waals surface area contributed by atoms with Gasteiger partial charge in [0.1, 0.15) is 10.6 Å². The molecule has 1 aromatic heterocycles. The van der Waals surface area contributed by atoms with Gasteiger partial charge in [-0.2, -0.15) is 4.31 Å². The molecule has 0 atom stereocenters. The van der Waals surface area contributed by atoms with Crippen LogP contribution in [0, 0.1) is 0 Å². The zero-order chi connectivity index (χ0) is 20.4. The van der Waals surface area contributed by atoms with E-state index >= 15 is 0 Å². The summed E-state index contributed by atoms with van der Waals surface area (Å²) in [5, 5.41) is 3.79. The summed E-state index contributed by atoms with van der Waals surface area (Å²) >= 11 is 1.39. The largest absolute Gasteiger partial charge is 0.495 e. The first-order chi connectivity index (χ1) is 14.0. The van der Waals surface area contributed by atoms with Gasteiger partial charge in [-0.3, -0.25) is 4.79 Å². The number of anilines is 1. The van der Waals surface area contributed by atoms with Gasteiger partial charge in [0.05, 0.1) is 25.2 Å². The molecule has 2 heterocycles. The van der Waals surface area contributed by atoms with Gasteiger partial charge in [-0.25, -0.2) is 8.42 Å². The topological polar surface area (TPSA) is 84.9 Å². The molecule has 0 aliphatic carbocycles. The zero-order valence-corrected chi connectivity index (χ0v) is 17.4. The van der Waals surface area contributed by atoms with E-state index in [1.165, 1.54) is 28.8 Å². The number of benzene rings is 2. The third-order valence-electron chi connectivity index (χ3n) is 4.66. The monoisotopic (exact) mass is 432 g/mol. The maximum absolute atomic E-state index is 13.1. The second kappa shape index (κ2) is 8.11. The maximum Gasteiger partial charge on any atom is 0.265 e. The molecule has 3 aromatic rings. The van der Waals surface area contributed by atoms with Crippen LogP contribution in [0.15, 0.2) is 53.4 Å². The maximum atomic E-state index is 13.1. The number of methoxy groups -OCH3 is 1. The first kappa shape index (κ1) is 19.8. The molecule has 1 fully saturated rings. The Morgan fingerprint density at radius 1 is 1.14 bits per heavy atom. The van der Waals surface area contributed by atoms with Gasteiger partial charge >= 0.3 is 0 Å². The summed E-state index contributed by atoms with van der Waals surface area (Å²) < 4.78 is 39.0. The quantitative estimate of drug-likeness (QED) is 0.669. The normalized spacial score (nSPS) is 15.3. The lowest BCUT2D eigenvalue weighted by atomic mass is 10.2. The third kappa shape index (κ3) is 3.99. The predicted molar refractivity (Wildman–Crippen MR) is 112 cm³/mol. The van der Waals surface area contributed by atoms with Crippen LogP contribution in [-0.2, 0) is 14.8 Å². The van der Waals surface area contributed by atoms with Gasteiger partial charge in [0.2, 0.25) is 10.0 Å². The predicted octanol–water partition coefficient (Wildman–Crippen LogP) is 3.18. The molecule has 1 N–H and O–H groups in total. The molecule has 1 aliphatic heterocycles. The summed E-state index contributed by atoms with van der Waals surface area (Å²) in [6, 6.07) is 14.2. The highest BCUT2D eigenvalue weighted by Gasteiger charge is 2.29. The Morgan fingerprint density at radius 3 is 2.62 bits per heavy atom. The summed E-state index contributed by atoms with van der Waals surface area (Å²) in [6.45, 7) is 1.27. The molecule has 9 heteroatoms. The first-order valence-electron chi connectivity index (χ1n) is 9.05. The minimum atomic E-state index is -3.77. The van der Waals surface area contributed by atoms with Gasteiger partial charge in [0.25, 0.3) is 5.91 Å². The van der Waals surface area contributed by atoms with Crippen molar-refractivity contribution in [2.45, 2.75) is 4.90 Å². The standard InChI is InChI=1S/C20H20N2O5S2/c1-26-16-7-6-15(13-19(16)29(24,25)22-8-10-27-11-9-22)21-20(23)18-12-14-4-2-3-5-17(14)28-18/h2-7,12-13H,8-11H2,1H3,(H,21,23). The number of thiophene rings is 1. The highest BCUT2D eigenvalue weighted by Crippen LogP contribution is 2.31. The molecule has 0 spiro atoms. The number of nitrogens with zero attached hydrogens (tertiary/aromatic N) is 1. The number of hydrogen-bond donors (Lipinski definition) is 1. The molecule has 0 saturated carbocycles. The van der Waals surface area contributed by atoms with Crippen molar-refractivity contribution in [2.75, 3.05) is 38.7 Å². The number of morpholine rings is 1. The molecule has 7 nitrogen and oxygen atoms in total. The summed E-state index contributed by atoms with van der Waals surface area (Å²) in [4.78, 5) is 13.3. The minimum Gasteiger partial charge on any atom is -0.495 e. The molecule has 4 rings (SSSR count). The average Bonchev–Trinajstić information content (AvgIpc) is 3.19. The smallest absolute Gasteiger partial charge is 0.265 e. The van der Waals surface area contributed by atoms with Crippen LogP contribution in [-0.4, -0.2) is 52.0 Å². The van der Waals surface area contributed by atoms with Gasteiger partial charge in [0.15, 0.2) is 0 Å². The van der Waals surface area contributed by atoms with Gasteiger partial charge in [-0.1, -0.05) is 18.2 Å². The van der Waals surface area contributed by atoms with E-state index in [-0.39, 0.29) is 29.6 Å². The number of rotatable bonds is 5. The Balaban J connectivity index is 1.63. The van der Waals surface area contributed by atoms with Crippen LogP contribution in [0.4, 0.5) is 5.69 Å². The van der Waals surface area contributed by atoms with E-state index in [9.17, 15) is 13.2 Å². The molecule has 2 aromatic carbocycles. The summed E-state index contributed by atoms with van der Waals surface area (Å²) in [5.41, 5.74) is 0.389. The summed E-state index contributed by atoms with van der Waals surface area (Å²) in [7, 11) is -2.35. The Kier molecular flexibility index (Phi) is 5.55. The fraction of sp³-hybridized carbons (Fsp3) is 0.250. The van der Waals surface area contributed by atoms with Crippen LogP contribution in [0.2, 0.25) is 0 Å². The van der Waals surface area contributed by atoms with E-state index in [2.05, 4.69) is 5.32 Å². The second-order valence-corrected chi connectivity index (χ2v) is 9.47. The van der Waals surface area contributed by atoms with Crippen molar-refractivity contribution < 1.29 is 22.7 Å². The Hall–Kier alpha value is -2.46. The molecular weight excluding hydrogens is 412 g/mol. The van der Waals surface area contributed by atoms with Crippen molar-refractivity contribution in [1.82, 2.24) is 4.31 Å². The van der Waals surface area contributed by atoms with E-state index in [1.807, 2.05) is 30.3 Å². The number of fused-ring (bicyclic) bond motifs is 1. The number of ether oxygens (including phenoxy) is 2. The van der Waals surface area contributed by atoms with Crippen molar-refractivity contribution in [3.8, 4) is 5.75 Å². The Labute approximate surface area is 172 Å². The molecule has 0 radical (unpaired) electrons. The number of nitrogens with one attached hydrogen (secondary N) is 1. The Bertz CT molecular complexity index is 1120. The van der Waals surface area contributed by atoms with Gasteiger partial charge in [-0.05, 0) is 35.7 Å². The molecule has 1 aliphatic rings. The van der Waals surface area contributed by atoms with Crippen molar-refractivity contribution >= 4 is 43.0 Å². The van der Waals surface area contributed by atoms with Crippen molar-refractivity contribution in [3.05, 3.63) is 53.4 Å². The SMILES string of the molecule is COc1ccc(NC(=O)c2cc3ccccc3s2)cc1S(=O)(=O)N1CCOCC1. The zero-order valence-electron chi connectivity index (χ0n) is 15.8. The van der Waals surface area contributed by atoms with Crippen molar-refractivity contribution in [2.24, 2.45) is 0 Å². The molecule has 1 saturated heterocycles. The van der Waals surface area contributed by atoms with Crippen molar-refractivity contribution in [1.29, 1.82) is 0 Å². The van der Waals surface area contributed by atoms with Gasteiger partial charge < -0.3 is 14.8 Å². The summed E-state index contributed by atoms with van der Waals surface area (Å²) in [5.74, 6) is -0.0533. The van der Waals surface area contributed by atoms with Crippen LogP contribution < -0.4 is 10.1 Å². The highest BCUT2D eigenvalue weighted by atomic mass is 32.2. The lowest BCUT2D eigenvalue weighted by Crippen LogP contribution is -2.40. The average molecular weight is 433 g/mol. The minimum absolute atomic E-state index is 0.0241. The Morgan fingerprint density at radius 2 is 1.90 bits per heavy atom. The number of carbonyl (C=O) groups excluding carboxylic acids is 1. The van der Waals surface area contributed by atoms with Gasteiger partial charge in [0, 0.05) is 23.5 Å². The number of amides is 1. The molecule has 29 heavy (non-hydrogen) atoms. The van der Waals surface area contributed by atoms with E-state index in [1.54, 1.807) is 12.1 Å². The van der Waals surface area contributed by atoms with Crippen LogP contribution in [0.5, 0.6) is 5.75 Å². The summed E-state index contributed by atoms with van der Waals surface area (Å²) in [6.07, 6.45) is 0. The third-order valence-corrected chi connectivity index (χ3v) is 7.69.